The standard InChI is InChI=1S/C13H22N4O/c1-9-6-14-5-4-11(9)7-15-13(18)12-8-16-17(3)10(12)2/h8-9,11,14H,4-7H2,1-3H3,(H,15,18). The van der Waals surface area contributed by atoms with Crippen LogP contribution in [0.4, 0.5) is 0 Å². The first-order valence-corrected chi connectivity index (χ1v) is 6.57. The van der Waals surface area contributed by atoms with Crippen LogP contribution in [-0.4, -0.2) is 35.3 Å². The number of carbonyl (C=O) groups is 1. The fourth-order valence-corrected chi connectivity index (χ4v) is 2.41. The average molecular weight is 250 g/mol. The van der Waals surface area contributed by atoms with Crippen molar-refractivity contribution in [2.75, 3.05) is 19.6 Å². The van der Waals surface area contributed by atoms with Crippen molar-refractivity contribution in [2.45, 2.75) is 20.3 Å². The Bertz CT molecular complexity index is 427. The SMILES string of the molecule is Cc1c(C(=O)NCC2CCNCC2C)cnn1C. The number of hydrogen-bond acceptors (Lipinski definition) is 3. The van der Waals surface area contributed by atoms with Crippen molar-refractivity contribution in [1.82, 2.24) is 20.4 Å². The van der Waals surface area contributed by atoms with Crippen LogP contribution in [0, 0.1) is 18.8 Å². The Morgan fingerprint density at radius 2 is 2.44 bits per heavy atom. The van der Waals surface area contributed by atoms with Crippen molar-refractivity contribution < 1.29 is 4.79 Å². The fraction of sp³-hybridized carbons (Fsp3) is 0.692. The molecule has 1 aliphatic heterocycles. The van der Waals surface area contributed by atoms with Gasteiger partial charge >= 0.3 is 0 Å². The highest BCUT2D eigenvalue weighted by Crippen LogP contribution is 2.17. The Labute approximate surface area is 108 Å². The number of carbonyl (C=O) groups excluding carboxylic acids is 1. The predicted molar refractivity (Wildman–Crippen MR) is 70.4 cm³/mol. The van der Waals surface area contributed by atoms with Gasteiger partial charge in [0.05, 0.1) is 11.8 Å². The number of hydrogen-bond donors (Lipinski definition) is 2. The van der Waals surface area contributed by atoms with Crippen LogP contribution in [0.15, 0.2) is 6.20 Å². The fourth-order valence-electron chi connectivity index (χ4n) is 2.41. The minimum absolute atomic E-state index is 0.00803. The quantitative estimate of drug-likeness (QED) is 0.830. The zero-order valence-electron chi connectivity index (χ0n) is 11.4. The second-order valence-corrected chi connectivity index (χ2v) is 5.21. The maximum absolute atomic E-state index is 12.0. The summed E-state index contributed by atoms with van der Waals surface area (Å²) >= 11 is 0. The summed E-state index contributed by atoms with van der Waals surface area (Å²) < 4.78 is 1.72. The molecule has 2 heterocycles. The van der Waals surface area contributed by atoms with Crippen LogP contribution in [0.2, 0.25) is 0 Å². The number of piperidine rings is 1. The van der Waals surface area contributed by atoms with Gasteiger partial charge in [-0.05, 0) is 38.3 Å². The number of nitrogens with one attached hydrogen (secondary N) is 2. The van der Waals surface area contributed by atoms with E-state index in [2.05, 4.69) is 22.7 Å². The van der Waals surface area contributed by atoms with Crippen LogP contribution in [0.5, 0.6) is 0 Å². The van der Waals surface area contributed by atoms with Gasteiger partial charge in [0.2, 0.25) is 0 Å². The van der Waals surface area contributed by atoms with Crippen LogP contribution in [-0.2, 0) is 7.05 Å². The molecule has 1 aromatic rings. The van der Waals surface area contributed by atoms with E-state index >= 15 is 0 Å². The summed E-state index contributed by atoms with van der Waals surface area (Å²) in [6.07, 6.45) is 2.77. The molecule has 0 bridgehead atoms. The second-order valence-electron chi connectivity index (χ2n) is 5.21. The van der Waals surface area contributed by atoms with E-state index in [1.807, 2.05) is 14.0 Å². The highest BCUT2D eigenvalue weighted by molar-refractivity contribution is 5.95. The van der Waals surface area contributed by atoms with Gasteiger partial charge in [-0.1, -0.05) is 6.92 Å². The van der Waals surface area contributed by atoms with E-state index in [-0.39, 0.29) is 5.91 Å². The molecule has 1 saturated heterocycles. The molecule has 5 nitrogen and oxygen atoms in total. The Morgan fingerprint density at radius 3 is 3.06 bits per heavy atom. The van der Waals surface area contributed by atoms with Gasteiger partial charge in [0.1, 0.15) is 0 Å². The van der Waals surface area contributed by atoms with E-state index in [0.717, 1.165) is 31.7 Å². The van der Waals surface area contributed by atoms with Gasteiger partial charge in [-0.25, -0.2) is 0 Å². The minimum atomic E-state index is -0.00803. The Kier molecular flexibility index (Phi) is 4.01. The molecule has 0 spiro atoms. The van der Waals surface area contributed by atoms with E-state index in [1.54, 1.807) is 10.9 Å². The third-order valence-corrected chi connectivity index (χ3v) is 3.97. The van der Waals surface area contributed by atoms with Crippen LogP contribution in [0.3, 0.4) is 0 Å². The highest BCUT2D eigenvalue weighted by Gasteiger charge is 2.22. The molecule has 100 valence electrons. The second kappa shape index (κ2) is 5.52. The zero-order valence-corrected chi connectivity index (χ0v) is 11.4. The molecule has 1 amide bonds. The van der Waals surface area contributed by atoms with Crippen molar-refractivity contribution in [2.24, 2.45) is 18.9 Å². The molecule has 0 saturated carbocycles. The van der Waals surface area contributed by atoms with E-state index in [0.29, 0.717) is 17.4 Å². The van der Waals surface area contributed by atoms with Gasteiger partial charge in [-0.3, -0.25) is 9.48 Å². The zero-order chi connectivity index (χ0) is 13.1. The lowest BCUT2D eigenvalue weighted by atomic mass is 9.88. The van der Waals surface area contributed by atoms with Crippen LogP contribution in [0.25, 0.3) is 0 Å². The summed E-state index contributed by atoms with van der Waals surface area (Å²) in [5, 5.41) is 10.5. The molecule has 18 heavy (non-hydrogen) atoms. The van der Waals surface area contributed by atoms with Gasteiger partial charge in [0.15, 0.2) is 0 Å². The number of rotatable bonds is 3. The minimum Gasteiger partial charge on any atom is -0.352 e. The van der Waals surface area contributed by atoms with Crippen LogP contribution >= 0.6 is 0 Å². The molecule has 2 atom stereocenters. The monoisotopic (exact) mass is 250 g/mol. The van der Waals surface area contributed by atoms with Crippen molar-refractivity contribution in [3.63, 3.8) is 0 Å². The summed E-state index contributed by atoms with van der Waals surface area (Å²) in [5.41, 5.74) is 1.59. The first kappa shape index (κ1) is 13.1. The van der Waals surface area contributed by atoms with Crippen molar-refractivity contribution >= 4 is 5.91 Å². The van der Waals surface area contributed by atoms with Gasteiger partial charge < -0.3 is 10.6 Å². The number of aromatic nitrogens is 2. The van der Waals surface area contributed by atoms with Crippen molar-refractivity contribution in [3.8, 4) is 0 Å². The maximum Gasteiger partial charge on any atom is 0.254 e. The molecule has 2 N–H and O–H groups in total. The summed E-state index contributed by atoms with van der Waals surface area (Å²) in [6, 6.07) is 0. The lowest BCUT2D eigenvalue weighted by molar-refractivity contribution is 0.0937. The van der Waals surface area contributed by atoms with Crippen LogP contribution < -0.4 is 10.6 Å². The number of amides is 1. The maximum atomic E-state index is 12.0. The lowest BCUT2D eigenvalue weighted by Crippen LogP contribution is -2.41. The molecule has 2 unspecified atom stereocenters. The molecule has 0 aromatic carbocycles. The molecule has 0 aliphatic carbocycles. The molecule has 2 rings (SSSR count). The molecular weight excluding hydrogens is 228 g/mol. The summed E-state index contributed by atoms with van der Waals surface area (Å²) in [7, 11) is 1.85. The van der Waals surface area contributed by atoms with Crippen LogP contribution in [0.1, 0.15) is 29.4 Å². The number of aryl methyl sites for hydroxylation is 1. The Morgan fingerprint density at radius 1 is 1.67 bits per heavy atom. The molecule has 0 radical (unpaired) electrons. The highest BCUT2D eigenvalue weighted by atomic mass is 16.1. The first-order valence-electron chi connectivity index (χ1n) is 6.57. The normalized spacial score (nSPS) is 23.9. The molecule has 1 fully saturated rings. The van der Waals surface area contributed by atoms with Crippen molar-refractivity contribution in [1.29, 1.82) is 0 Å². The van der Waals surface area contributed by atoms with Gasteiger partial charge in [-0.15, -0.1) is 0 Å². The number of nitrogens with zero attached hydrogens (tertiary/aromatic N) is 2. The average Bonchev–Trinajstić information content (AvgIpc) is 2.69. The smallest absolute Gasteiger partial charge is 0.254 e. The molecule has 1 aliphatic rings. The summed E-state index contributed by atoms with van der Waals surface area (Å²) in [4.78, 5) is 12.0. The van der Waals surface area contributed by atoms with Gasteiger partial charge in [0, 0.05) is 19.3 Å². The summed E-state index contributed by atoms with van der Waals surface area (Å²) in [5.74, 6) is 1.19. The van der Waals surface area contributed by atoms with E-state index in [4.69, 9.17) is 0 Å². The Hall–Kier alpha value is -1.36. The Balaban J connectivity index is 1.90. The first-order chi connectivity index (χ1) is 8.59. The predicted octanol–water partition coefficient (Wildman–Crippen LogP) is 0.704. The van der Waals surface area contributed by atoms with Gasteiger partial charge in [0.25, 0.3) is 5.91 Å². The molecule has 1 aromatic heterocycles. The molecule has 5 heteroatoms. The van der Waals surface area contributed by atoms with E-state index in [1.165, 1.54) is 0 Å². The topological polar surface area (TPSA) is 59.0 Å². The largest absolute Gasteiger partial charge is 0.352 e. The van der Waals surface area contributed by atoms with Gasteiger partial charge in [-0.2, -0.15) is 5.10 Å². The lowest BCUT2D eigenvalue weighted by Gasteiger charge is -2.29. The van der Waals surface area contributed by atoms with Crippen molar-refractivity contribution in [3.05, 3.63) is 17.5 Å². The van der Waals surface area contributed by atoms with E-state index < -0.39 is 0 Å². The van der Waals surface area contributed by atoms with E-state index in [9.17, 15) is 4.79 Å². The third-order valence-electron chi connectivity index (χ3n) is 3.97. The third kappa shape index (κ3) is 2.72. The molecular formula is C13H22N4O. The summed E-state index contributed by atoms with van der Waals surface area (Å²) in [6.45, 7) is 7.01.